The molecule has 6 heteroatoms. The first-order valence-electron chi connectivity index (χ1n) is 4.43. The van der Waals surface area contributed by atoms with Gasteiger partial charge >= 0.3 is 0 Å². The average Bonchev–Trinajstić information content (AvgIpc) is 2.50. The lowest BCUT2D eigenvalue weighted by atomic mass is 10.3. The Labute approximate surface area is 110 Å². The standard InChI is InChI=1S/C10H7BrCl2N2O/c1-5-9(11)10(16)15(14-5)6-2-3-7(12)8(13)4-6/h2-4,14H,1H3. The largest absolute Gasteiger partial charge is 0.294 e. The lowest BCUT2D eigenvalue weighted by molar-refractivity contribution is 0.835. The van der Waals surface area contributed by atoms with Crippen molar-refractivity contribution < 1.29 is 0 Å². The maximum Gasteiger partial charge on any atom is 0.285 e. The number of nitrogens with one attached hydrogen (secondary N) is 1. The van der Waals surface area contributed by atoms with Crippen molar-refractivity contribution in [1.82, 2.24) is 9.78 Å². The summed E-state index contributed by atoms with van der Waals surface area (Å²) in [5.74, 6) is 0. The van der Waals surface area contributed by atoms with Crippen LogP contribution in [0.25, 0.3) is 5.69 Å². The second-order valence-electron chi connectivity index (χ2n) is 3.29. The number of halogens is 3. The maximum absolute atomic E-state index is 11.8. The number of nitrogens with zero attached hydrogens (tertiary/aromatic N) is 1. The van der Waals surface area contributed by atoms with Crippen LogP contribution in [-0.2, 0) is 0 Å². The van der Waals surface area contributed by atoms with Gasteiger partial charge in [-0.25, -0.2) is 4.68 Å². The van der Waals surface area contributed by atoms with Crippen molar-refractivity contribution in [2.24, 2.45) is 0 Å². The van der Waals surface area contributed by atoms with Gasteiger partial charge in [0.2, 0.25) is 0 Å². The Morgan fingerprint density at radius 3 is 2.50 bits per heavy atom. The summed E-state index contributed by atoms with van der Waals surface area (Å²) in [7, 11) is 0. The first-order valence-corrected chi connectivity index (χ1v) is 5.98. The molecule has 0 spiro atoms. The van der Waals surface area contributed by atoms with Crippen LogP contribution in [0.2, 0.25) is 10.0 Å². The summed E-state index contributed by atoms with van der Waals surface area (Å²) in [5.41, 5.74) is 1.25. The molecule has 0 fully saturated rings. The fourth-order valence-electron chi connectivity index (χ4n) is 1.33. The molecule has 84 valence electrons. The second kappa shape index (κ2) is 4.28. The van der Waals surface area contributed by atoms with E-state index in [2.05, 4.69) is 21.0 Å². The SMILES string of the molecule is Cc1[nH]n(-c2ccc(Cl)c(Cl)c2)c(=O)c1Br. The van der Waals surface area contributed by atoms with Crippen LogP contribution in [0.4, 0.5) is 0 Å². The molecule has 2 aromatic rings. The second-order valence-corrected chi connectivity index (χ2v) is 4.90. The van der Waals surface area contributed by atoms with Gasteiger partial charge in [0.05, 0.1) is 15.7 Å². The molecule has 2 rings (SSSR count). The molecular weight excluding hydrogens is 315 g/mol. The van der Waals surface area contributed by atoms with E-state index in [0.29, 0.717) is 20.2 Å². The minimum absolute atomic E-state index is 0.157. The van der Waals surface area contributed by atoms with Crippen molar-refractivity contribution in [3.8, 4) is 5.69 Å². The summed E-state index contributed by atoms with van der Waals surface area (Å²) in [4.78, 5) is 11.8. The van der Waals surface area contributed by atoms with Crippen LogP contribution in [0, 0.1) is 6.92 Å². The molecule has 1 N–H and O–H groups in total. The molecule has 0 radical (unpaired) electrons. The molecular formula is C10H7BrCl2N2O. The van der Waals surface area contributed by atoms with E-state index >= 15 is 0 Å². The number of hydrogen-bond donors (Lipinski definition) is 1. The van der Waals surface area contributed by atoms with E-state index in [1.807, 2.05) is 0 Å². The van der Waals surface area contributed by atoms with Crippen LogP contribution >= 0.6 is 39.1 Å². The summed E-state index contributed by atoms with van der Waals surface area (Å²) in [6.07, 6.45) is 0. The van der Waals surface area contributed by atoms with Crippen molar-refractivity contribution in [1.29, 1.82) is 0 Å². The molecule has 0 unspecified atom stereocenters. The Kier molecular flexibility index (Phi) is 3.15. The van der Waals surface area contributed by atoms with Crippen molar-refractivity contribution in [2.45, 2.75) is 6.92 Å². The number of aryl methyl sites for hydroxylation is 1. The first kappa shape index (κ1) is 11.8. The molecule has 3 nitrogen and oxygen atoms in total. The molecule has 0 aliphatic carbocycles. The van der Waals surface area contributed by atoms with Gasteiger partial charge in [-0.2, -0.15) is 0 Å². The van der Waals surface area contributed by atoms with Crippen molar-refractivity contribution in [2.75, 3.05) is 0 Å². The van der Waals surface area contributed by atoms with Gasteiger partial charge < -0.3 is 0 Å². The monoisotopic (exact) mass is 320 g/mol. The normalized spacial score (nSPS) is 10.8. The highest BCUT2D eigenvalue weighted by Gasteiger charge is 2.10. The number of H-pyrrole nitrogens is 1. The summed E-state index contributed by atoms with van der Waals surface area (Å²) in [6, 6.07) is 5.00. The summed E-state index contributed by atoms with van der Waals surface area (Å²) in [5, 5.41) is 3.80. The molecule has 0 amide bonds. The Bertz CT molecular complexity index is 603. The molecule has 1 heterocycles. The number of aromatic nitrogens is 2. The Hall–Kier alpha value is -0.710. The van der Waals surface area contributed by atoms with Crippen molar-refractivity contribution in [3.05, 3.63) is 48.8 Å². The van der Waals surface area contributed by atoms with E-state index in [1.54, 1.807) is 25.1 Å². The van der Waals surface area contributed by atoms with E-state index in [-0.39, 0.29) is 5.56 Å². The average molecular weight is 322 g/mol. The minimum atomic E-state index is -0.157. The van der Waals surface area contributed by atoms with E-state index in [9.17, 15) is 4.79 Å². The third-order valence-electron chi connectivity index (χ3n) is 2.16. The molecule has 0 bridgehead atoms. The number of aromatic amines is 1. The van der Waals surface area contributed by atoms with Crippen molar-refractivity contribution >= 4 is 39.1 Å². The van der Waals surface area contributed by atoms with E-state index < -0.39 is 0 Å². The predicted molar refractivity (Wildman–Crippen MR) is 68.8 cm³/mol. The van der Waals surface area contributed by atoms with Crippen LogP contribution < -0.4 is 5.56 Å². The maximum atomic E-state index is 11.8. The third kappa shape index (κ3) is 1.93. The number of hydrogen-bond acceptors (Lipinski definition) is 1. The zero-order valence-corrected chi connectivity index (χ0v) is 11.3. The van der Waals surface area contributed by atoms with Gasteiger partial charge in [-0.3, -0.25) is 9.89 Å². The minimum Gasteiger partial charge on any atom is -0.294 e. The topological polar surface area (TPSA) is 37.8 Å². The highest BCUT2D eigenvalue weighted by atomic mass is 79.9. The fraction of sp³-hybridized carbons (Fsp3) is 0.100. The highest BCUT2D eigenvalue weighted by Crippen LogP contribution is 2.24. The van der Waals surface area contributed by atoms with Gasteiger partial charge in [0.15, 0.2) is 0 Å². The van der Waals surface area contributed by atoms with Crippen LogP contribution in [-0.4, -0.2) is 9.78 Å². The lowest BCUT2D eigenvalue weighted by Gasteiger charge is -2.02. The number of benzene rings is 1. The van der Waals surface area contributed by atoms with Gasteiger partial charge in [-0.05, 0) is 41.1 Å². The van der Waals surface area contributed by atoms with Crippen LogP contribution in [0.1, 0.15) is 5.69 Å². The predicted octanol–water partition coefficient (Wildman–Crippen LogP) is 3.54. The molecule has 0 saturated heterocycles. The highest BCUT2D eigenvalue weighted by molar-refractivity contribution is 9.10. The molecule has 0 aliphatic rings. The lowest BCUT2D eigenvalue weighted by Crippen LogP contribution is -2.14. The van der Waals surface area contributed by atoms with Gasteiger partial charge in [0, 0.05) is 5.69 Å². The molecule has 1 aromatic carbocycles. The Balaban J connectivity index is 2.63. The summed E-state index contributed by atoms with van der Waals surface area (Å²) in [6.45, 7) is 1.81. The zero-order valence-electron chi connectivity index (χ0n) is 8.22. The molecule has 16 heavy (non-hydrogen) atoms. The fourth-order valence-corrected chi connectivity index (χ4v) is 1.89. The quantitative estimate of drug-likeness (QED) is 0.857. The van der Waals surface area contributed by atoms with Gasteiger partial charge in [0.1, 0.15) is 4.47 Å². The van der Waals surface area contributed by atoms with E-state index in [4.69, 9.17) is 23.2 Å². The van der Waals surface area contributed by atoms with Gasteiger partial charge in [-0.1, -0.05) is 23.2 Å². The molecule has 0 aliphatic heterocycles. The van der Waals surface area contributed by atoms with Crippen molar-refractivity contribution in [3.63, 3.8) is 0 Å². The van der Waals surface area contributed by atoms with E-state index in [0.717, 1.165) is 5.69 Å². The zero-order chi connectivity index (χ0) is 11.9. The van der Waals surface area contributed by atoms with Gasteiger partial charge in [-0.15, -0.1) is 0 Å². The van der Waals surface area contributed by atoms with Crippen LogP contribution in [0.15, 0.2) is 27.5 Å². The number of rotatable bonds is 1. The van der Waals surface area contributed by atoms with E-state index in [1.165, 1.54) is 4.68 Å². The molecule has 1 aromatic heterocycles. The summed E-state index contributed by atoms with van der Waals surface area (Å²) >= 11 is 14.9. The smallest absolute Gasteiger partial charge is 0.285 e. The van der Waals surface area contributed by atoms with Crippen LogP contribution in [0.3, 0.4) is 0 Å². The molecule has 0 saturated carbocycles. The van der Waals surface area contributed by atoms with Gasteiger partial charge in [0.25, 0.3) is 5.56 Å². The summed E-state index contributed by atoms with van der Waals surface area (Å²) < 4.78 is 1.92. The first-order chi connectivity index (χ1) is 7.50. The Morgan fingerprint density at radius 2 is 2.00 bits per heavy atom. The van der Waals surface area contributed by atoms with Crippen LogP contribution in [0.5, 0.6) is 0 Å². The molecule has 0 atom stereocenters. The third-order valence-corrected chi connectivity index (χ3v) is 3.83. The Morgan fingerprint density at radius 1 is 1.31 bits per heavy atom.